The monoisotopic (exact) mass is 408 g/mol. The summed E-state index contributed by atoms with van der Waals surface area (Å²) in [4.78, 5) is 28.2. The van der Waals surface area contributed by atoms with E-state index in [0.717, 1.165) is 23.4 Å². The smallest absolute Gasteiger partial charge is 0.262 e. The molecule has 3 N–H and O–H groups in total. The maximum Gasteiger partial charge on any atom is 0.262 e. The number of carbonyl (C=O) groups excluding carboxylic acids is 2. The second kappa shape index (κ2) is 8.84. The maximum absolute atomic E-state index is 12.6. The fourth-order valence-electron chi connectivity index (χ4n) is 4.01. The third kappa shape index (κ3) is 4.54. The number of fused-ring (bicyclic) bond motifs is 1. The molecule has 2 aromatic carbocycles. The molecule has 2 aliphatic heterocycles. The number of hydrogen-bond donors (Lipinski definition) is 3. The summed E-state index contributed by atoms with van der Waals surface area (Å²) in [5, 5.41) is 5.98. The first kappa shape index (κ1) is 19.7. The second-order valence-electron chi connectivity index (χ2n) is 7.52. The molecule has 0 radical (unpaired) electrons. The summed E-state index contributed by atoms with van der Waals surface area (Å²) in [5.74, 6) is -0.233. The third-order valence-corrected chi connectivity index (χ3v) is 6.73. The van der Waals surface area contributed by atoms with Gasteiger partial charge in [-0.1, -0.05) is 49.0 Å². The molecule has 29 heavy (non-hydrogen) atoms. The maximum atomic E-state index is 12.6. The van der Waals surface area contributed by atoms with Crippen molar-refractivity contribution < 1.29 is 14.5 Å². The fourth-order valence-corrected chi connectivity index (χ4v) is 4.94. The first-order valence-corrected chi connectivity index (χ1v) is 11.0. The van der Waals surface area contributed by atoms with Gasteiger partial charge in [0.25, 0.3) is 11.8 Å². The molecule has 1 fully saturated rings. The van der Waals surface area contributed by atoms with E-state index in [-0.39, 0.29) is 11.8 Å². The molecular formula is C23H26N3O2S+. The Morgan fingerprint density at radius 3 is 2.90 bits per heavy atom. The van der Waals surface area contributed by atoms with Crippen LogP contribution in [-0.4, -0.2) is 31.1 Å². The summed E-state index contributed by atoms with van der Waals surface area (Å²) in [7, 11) is 0. The Morgan fingerprint density at radius 1 is 1.28 bits per heavy atom. The lowest BCUT2D eigenvalue weighted by molar-refractivity contribution is -0.914. The summed E-state index contributed by atoms with van der Waals surface area (Å²) in [6.07, 6.45) is 5.49. The topological polar surface area (TPSA) is 62.6 Å². The summed E-state index contributed by atoms with van der Waals surface area (Å²) in [6.45, 7) is 3.98. The predicted molar refractivity (Wildman–Crippen MR) is 117 cm³/mol. The molecule has 6 heteroatoms. The summed E-state index contributed by atoms with van der Waals surface area (Å²) in [5.41, 5.74) is 2.25. The van der Waals surface area contributed by atoms with Crippen molar-refractivity contribution in [1.82, 2.24) is 5.32 Å². The molecule has 0 spiro atoms. The number of rotatable bonds is 5. The normalized spacial score (nSPS) is 22.2. The van der Waals surface area contributed by atoms with Crippen LogP contribution in [0.3, 0.4) is 0 Å². The highest BCUT2D eigenvalue weighted by atomic mass is 32.2. The molecule has 2 atom stereocenters. The van der Waals surface area contributed by atoms with Gasteiger partial charge in [-0.15, -0.1) is 0 Å². The highest BCUT2D eigenvalue weighted by Crippen LogP contribution is 2.39. The molecule has 0 saturated carbocycles. The molecule has 0 aliphatic carbocycles. The minimum absolute atomic E-state index is 0.0908. The van der Waals surface area contributed by atoms with Gasteiger partial charge >= 0.3 is 0 Å². The Hall–Kier alpha value is -2.57. The molecule has 150 valence electrons. The number of amides is 2. The first-order chi connectivity index (χ1) is 14.1. The first-order valence-electron chi connectivity index (χ1n) is 10.2. The van der Waals surface area contributed by atoms with Gasteiger partial charge in [0.05, 0.1) is 23.2 Å². The molecule has 5 nitrogen and oxygen atoms in total. The Bertz CT molecular complexity index is 942. The van der Waals surface area contributed by atoms with Crippen molar-refractivity contribution in [1.29, 1.82) is 0 Å². The lowest BCUT2D eigenvalue weighted by Crippen LogP contribution is -3.15. The molecule has 2 aromatic rings. The average Bonchev–Trinajstić information content (AvgIpc) is 3.20. The van der Waals surface area contributed by atoms with E-state index in [2.05, 4.69) is 17.6 Å². The van der Waals surface area contributed by atoms with Crippen LogP contribution in [0.4, 0.5) is 5.69 Å². The number of nitrogens with one attached hydrogen (secondary N) is 3. The van der Waals surface area contributed by atoms with Crippen molar-refractivity contribution in [2.75, 3.05) is 18.5 Å². The highest BCUT2D eigenvalue weighted by molar-refractivity contribution is 8.04. The van der Waals surface area contributed by atoms with Gasteiger partial charge in [-0.2, -0.15) is 0 Å². The van der Waals surface area contributed by atoms with Crippen LogP contribution in [0.1, 0.15) is 42.1 Å². The number of hydrogen-bond acceptors (Lipinski definition) is 3. The van der Waals surface area contributed by atoms with Gasteiger partial charge in [-0.25, -0.2) is 0 Å². The predicted octanol–water partition coefficient (Wildman–Crippen LogP) is 2.92. The van der Waals surface area contributed by atoms with E-state index >= 15 is 0 Å². The van der Waals surface area contributed by atoms with E-state index < -0.39 is 0 Å². The Labute approximate surface area is 175 Å². The van der Waals surface area contributed by atoms with E-state index in [1.165, 1.54) is 29.5 Å². The van der Waals surface area contributed by atoms with Crippen LogP contribution in [0.2, 0.25) is 0 Å². The van der Waals surface area contributed by atoms with E-state index in [1.54, 1.807) is 6.07 Å². The molecule has 2 aliphatic rings. The van der Waals surface area contributed by atoms with Crippen LogP contribution in [0, 0.1) is 0 Å². The van der Waals surface area contributed by atoms with Crippen molar-refractivity contribution in [3.05, 3.63) is 64.6 Å². The van der Waals surface area contributed by atoms with Crippen LogP contribution >= 0.6 is 11.8 Å². The lowest BCUT2D eigenvalue weighted by atomic mass is 10.1. The van der Waals surface area contributed by atoms with Gasteiger partial charge in [-0.3, -0.25) is 9.59 Å². The molecule has 1 saturated heterocycles. The van der Waals surface area contributed by atoms with E-state index in [9.17, 15) is 9.59 Å². The zero-order valence-electron chi connectivity index (χ0n) is 16.5. The number of thioether (sulfide) groups is 1. The van der Waals surface area contributed by atoms with Crippen LogP contribution in [0.25, 0.3) is 6.08 Å². The number of benzene rings is 2. The molecule has 0 aromatic heterocycles. The number of quaternary nitrogens is 1. The van der Waals surface area contributed by atoms with Gasteiger partial charge < -0.3 is 15.5 Å². The largest absolute Gasteiger partial charge is 0.320 e. The van der Waals surface area contributed by atoms with Gasteiger partial charge in [0.15, 0.2) is 6.67 Å². The zero-order valence-corrected chi connectivity index (χ0v) is 17.4. The standard InChI is InChI=1S/C23H25N3O2S/c1-2-18-9-6-12-26(18)15-24-22(27)17-10-11-20-19(14-17)25-23(28)21(29-20)13-16-7-4-3-5-8-16/h3-5,7-8,10-11,13-14,18H,2,6,9,12,15H2,1H3,(H,24,27)(H,25,28)/p+1. The highest BCUT2D eigenvalue weighted by Gasteiger charge is 2.27. The van der Waals surface area contributed by atoms with Crippen LogP contribution < -0.4 is 15.5 Å². The van der Waals surface area contributed by atoms with Crippen LogP contribution in [0.5, 0.6) is 0 Å². The molecule has 2 unspecified atom stereocenters. The molecule has 0 bridgehead atoms. The Balaban J connectivity index is 1.44. The fraction of sp³-hybridized carbons (Fsp3) is 0.304. The number of likely N-dealkylation sites (tertiary alicyclic amines) is 1. The zero-order chi connectivity index (χ0) is 20.2. The SMILES string of the molecule is CCC1CCC[NH+]1CNC(=O)c1ccc2c(c1)NC(=O)C(=Cc1ccccc1)S2. The quantitative estimate of drug-likeness (QED) is 0.667. The average molecular weight is 409 g/mol. The van der Waals surface area contributed by atoms with Gasteiger partial charge in [0.2, 0.25) is 0 Å². The Kier molecular flexibility index (Phi) is 6.02. The van der Waals surface area contributed by atoms with E-state index in [1.807, 2.05) is 48.5 Å². The number of anilines is 1. The van der Waals surface area contributed by atoms with Crippen LogP contribution in [0.15, 0.2) is 58.3 Å². The number of carbonyl (C=O) groups is 2. The summed E-state index contributed by atoms with van der Waals surface area (Å²) < 4.78 is 0. The molecule has 2 amide bonds. The summed E-state index contributed by atoms with van der Waals surface area (Å²) >= 11 is 1.43. The third-order valence-electron chi connectivity index (χ3n) is 5.63. The molecule has 4 rings (SSSR count). The lowest BCUT2D eigenvalue weighted by Gasteiger charge is -2.21. The van der Waals surface area contributed by atoms with E-state index in [0.29, 0.717) is 28.9 Å². The van der Waals surface area contributed by atoms with Crippen molar-refractivity contribution in [2.24, 2.45) is 0 Å². The molecule has 2 heterocycles. The molecular weight excluding hydrogens is 382 g/mol. The minimum atomic E-state index is -0.142. The Morgan fingerprint density at radius 2 is 2.10 bits per heavy atom. The minimum Gasteiger partial charge on any atom is -0.320 e. The van der Waals surface area contributed by atoms with Crippen molar-refractivity contribution >= 4 is 35.3 Å². The van der Waals surface area contributed by atoms with Crippen molar-refractivity contribution in [3.8, 4) is 0 Å². The second-order valence-corrected chi connectivity index (χ2v) is 8.61. The van der Waals surface area contributed by atoms with Gasteiger partial charge in [0, 0.05) is 23.3 Å². The van der Waals surface area contributed by atoms with Gasteiger partial charge in [-0.05, 0) is 36.3 Å². The summed E-state index contributed by atoms with van der Waals surface area (Å²) in [6, 6.07) is 15.9. The van der Waals surface area contributed by atoms with Crippen molar-refractivity contribution in [2.45, 2.75) is 37.1 Å². The van der Waals surface area contributed by atoms with E-state index in [4.69, 9.17) is 0 Å². The van der Waals surface area contributed by atoms with Crippen LogP contribution in [-0.2, 0) is 4.79 Å². The van der Waals surface area contributed by atoms with Gasteiger partial charge in [0.1, 0.15) is 0 Å². The van der Waals surface area contributed by atoms with Crippen molar-refractivity contribution in [3.63, 3.8) is 0 Å².